The molecule has 3 rings (SSSR count). The molecule has 84 valence electrons. The van der Waals surface area contributed by atoms with Crippen LogP contribution in [0.15, 0.2) is 53.3 Å². The summed E-state index contributed by atoms with van der Waals surface area (Å²) < 4.78 is 2.95. The van der Waals surface area contributed by atoms with Crippen LogP contribution in [0.4, 0.5) is 0 Å². The van der Waals surface area contributed by atoms with Crippen molar-refractivity contribution >= 4 is 27.0 Å². The molecule has 1 aromatic heterocycles. The second-order valence-corrected chi connectivity index (χ2v) is 4.75. The van der Waals surface area contributed by atoms with Crippen LogP contribution in [0.2, 0.25) is 0 Å². The van der Waals surface area contributed by atoms with Crippen LogP contribution in [0.3, 0.4) is 0 Å². The van der Waals surface area contributed by atoms with Gasteiger partial charge in [-0.15, -0.1) is 0 Å². The van der Waals surface area contributed by atoms with E-state index < -0.39 is 0 Å². The van der Waals surface area contributed by atoms with Crippen LogP contribution in [0.5, 0.6) is 0 Å². The van der Waals surface area contributed by atoms with Gasteiger partial charge in [0.05, 0.1) is 11.0 Å². The summed E-state index contributed by atoms with van der Waals surface area (Å²) >= 11 is 3.52. The number of imidazole rings is 1. The Balaban J connectivity index is 2.33. The number of rotatable bonds is 1. The number of aryl methyl sites for hydroxylation is 1. The lowest BCUT2D eigenvalue weighted by Crippen LogP contribution is -1.94. The Kier molecular flexibility index (Phi) is 2.48. The van der Waals surface area contributed by atoms with Crippen molar-refractivity contribution < 1.29 is 0 Å². The van der Waals surface area contributed by atoms with E-state index in [4.69, 9.17) is 0 Å². The van der Waals surface area contributed by atoms with Crippen LogP contribution in [0, 0.1) is 6.92 Å². The fourth-order valence-corrected chi connectivity index (χ4v) is 2.60. The highest BCUT2D eigenvalue weighted by Gasteiger charge is 2.09. The molecule has 0 spiro atoms. The highest BCUT2D eigenvalue weighted by atomic mass is 79.9. The van der Waals surface area contributed by atoms with Crippen molar-refractivity contribution in [2.24, 2.45) is 0 Å². The van der Waals surface area contributed by atoms with E-state index in [0.717, 1.165) is 21.5 Å². The molecule has 0 aliphatic rings. The molecule has 2 aromatic carbocycles. The first kappa shape index (κ1) is 10.5. The fourth-order valence-electron chi connectivity index (χ4n) is 2.01. The number of fused-ring (bicyclic) bond motifs is 1. The van der Waals surface area contributed by atoms with Gasteiger partial charge in [-0.25, -0.2) is 4.98 Å². The Morgan fingerprint density at radius 1 is 1.06 bits per heavy atom. The lowest BCUT2D eigenvalue weighted by atomic mass is 10.2. The van der Waals surface area contributed by atoms with Gasteiger partial charge in [0.15, 0.2) is 4.73 Å². The minimum Gasteiger partial charge on any atom is -0.287 e. The molecule has 3 heteroatoms. The number of benzene rings is 2. The fraction of sp³-hybridized carbons (Fsp3) is 0.0714. The number of hydrogen-bond acceptors (Lipinski definition) is 1. The average Bonchev–Trinajstić information content (AvgIpc) is 2.64. The molecule has 0 atom stereocenters. The summed E-state index contributed by atoms with van der Waals surface area (Å²) in [4.78, 5) is 4.50. The van der Waals surface area contributed by atoms with Gasteiger partial charge in [-0.1, -0.05) is 24.3 Å². The van der Waals surface area contributed by atoms with E-state index in [1.807, 2.05) is 18.2 Å². The summed E-state index contributed by atoms with van der Waals surface area (Å²) in [6.45, 7) is 2.09. The van der Waals surface area contributed by atoms with E-state index in [0.29, 0.717) is 0 Å². The third-order valence-electron chi connectivity index (χ3n) is 2.78. The molecule has 0 saturated heterocycles. The third-order valence-corrected chi connectivity index (χ3v) is 3.31. The first-order valence-electron chi connectivity index (χ1n) is 5.46. The number of hydrogen-bond donors (Lipinski definition) is 0. The van der Waals surface area contributed by atoms with Gasteiger partial charge in [0, 0.05) is 5.69 Å². The minimum absolute atomic E-state index is 0.837. The van der Waals surface area contributed by atoms with Crippen molar-refractivity contribution in [1.82, 2.24) is 9.55 Å². The summed E-state index contributed by atoms with van der Waals surface area (Å²) in [5, 5.41) is 0. The molecule has 0 fully saturated rings. The smallest absolute Gasteiger partial charge is 0.182 e. The Bertz CT molecular complexity index is 686. The van der Waals surface area contributed by atoms with Crippen molar-refractivity contribution in [3.8, 4) is 5.69 Å². The highest BCUT2D eigenvalue weighted by molar-refractivity contribution is 9.10. The number of nitrogens with zero attached hydrogens (tertiary/aromatic N) is 2. The van der Waals surface area contributed by atoms with Crippen molar-refractivity contribution in [2.75, 3.05) is 0 Å². The Morgan fingerprint density at radius 3 is 2.71 bits per heavy atom. The largest absolute Gasteiger partial charge is 0.287 e. The van der Waals surface area contributed by atoms with E-state index in [9.17, 15) is 0 Å². The summed E-state index contributed by atoms with van der Waals surface area (Å²) in [5.74, 6) is 0. The molecule has 3 aromatic rings. The molecule has 0 radical (unpaired) electrons. The highest BCUT2D eigenvalue weighted by Crippen LogP contribution is 2.24. The number of para-hydroxylation sites is 2. The third kappa shape index (κ3) is 1.76. The molecule has 0 amide bonds. The van der Waals surface area contributed by atoms with Gasteiger partial charge in [-0.2, -0.15) is 0 Å². The van der Waals surface area contributed by atoms with E-state index in [-0.39, 0.29) is 0 Å². The van der Waals surface area contributed by atoms with E-state index in [1.165, 1.54) is 5.56 Å². The van der Waals surface area contributed by atoms with Gasteiger partial charge in [-0.05, 0) is 52.7 Å². The monoisotopic (exact) mass is 286 g/mol. The van der Waals surface area contributed by atoms with Crippen LogP contribution in [-0.4, -0.2) is 9.55 Å². The molecular formula is C14H11BrN2. The van der Waals surface area contributed by atoms with Crippen LogP contribution in [0.25, 0.3) is 16.7 Å². The maximum atomic E-state index is 4.50. The second kappa shape index (κ2) is 4.00. The summed E-state index contributed by atoms with van der Waals surface area (Å²) in [6.07, 6.45) is 0. The zero-order chi connectivity index (χ0) is 11.8. The maximum absolute atomic E-state index is 4.50. The molecule has 2 nitrogen and oxygen atoms in total. The topological polar surface area (TPSA) is 17.8 Å². The molecular weight excluding hydrogens is 276 g/mol. The van der Waals surface area contributed by atoms with Gasteiger partial charge in [0.2, 0.25) is 0 Å². The van der Waals surface area contributed by atoms with Crippen molar-refractivity contribution in [1.29, 1.82) is 0 Å². The molecule has 0 aliphatic carbocycles. The van der Waals surface area contributed by atoms with E-state index >= 15 is 0 Å². The maximum Gasteiger partial charge on any atom is 0.182 e. The second-order valence-electron chi connectivity index (χ2n) is 4.04. The Morgan fingerprint density at radius 2 is 1.88 bits per heavy atom. The summed E-state index contributed by atoms with van der Waals surface area (Å²) in [7, 11) is 0. The molecule has 0 N–H and O–H groups in total. The van der Waals surface area contributed by atoms with Crippen LogP contribution in [-0.2, 0) is 0 Å². The summed E-state index contributed by atoms with van der Waals surface area (Å²) in [6, 6.07) is 16.5. The molecule has 0 aliphatic heterocycles. The quantitative estimate of drug-likeness (QED) is 0.659. The van der Waals surface area contributed by atoms with Gasteiger partial charge < -0.3 is 0 Å². The lowest BCUT2D eigenvalue weighted by Gasteiger charge is -2.06. The molecule has 0 unspecified atom stereocenters. The standard InChI is InChI=1S/C14H11BrN2/c1-10-5-4-6-11(9-10)17-13-8-3-2-7-12(13)16-14(17)15/h2-9H,1H3. The zero-order valence-electron chi connectivity index (χ0n) is 9.39. The zero-order valence-corrected chi connectivity index (χ0v) is 11.0. The van der Waals surface area contributed by atoms with Crippen molar-refractivity contribution in [3.63, 3.8) is 0 Å². The van der Waals surface area contributed by atoms with Crippen molar-refractivity contribution in [2.45, 2.75) is 6.92 Å². The molecule has 17 heavy (non-hydrogen) atoms. The molecule has 0 bridgehead atoms. The number of aromatic nitrogens is 2. The van der Waals surface area contributed by atoms with Crippen LogP contribution < -0.4 is 0 Å². The Hall–Kier alpha value is -1.61. The predicted octanol–water partition coefficient (Wildman–Crippen LogP) is 4.10. The normalized spacial score (nSPS) is 10.9. The minimum atomic E-state index is 0.837. The van der Waals surface area contributed by atoms with Gasteiger partial charge in [0.25, 0.3) is 0 Å². The van der Waals surface area contributed by atoms with E-state index in [2.05, 4.69) is 62.7 Å². The summed E-state index contributed by atoms with van der Waals surface area (Å²) in [5.41, 5.74) is 4.49. The predicted molar refractivity (Wildman–Crippen MR) is 73.5 cm³/mol. The molecule has 1 heterocycles. The first-order valence-corrected chi connectivity index (χ1v) is 6.25. The van der Waals surface area contributed by atoms with Gasteiger partial charge >= 0.3 is 0 Å². The Labute approximate surface area is 108 Å². The molecule has 0 saturated carbocycles. The van der Waals surface area contributed by atoms with Gasteiger partial charge in [-0.3, -0.25) is 4.57 Å². The van der Waals surface area contributed by atoms with E-state index in [1.54, 1.807) is 0 Å². The number of halogens is 1. The van der Waals surface area contributed by atoms with Crippen LogP contribution >= 0.6 is 15.9 Å². The van der Waals surface area contributed by atoms with Gasteiger partial charge in [0.1, 0.15) is 0 Å². The van der Waals surface area contributed by atoms with Crippen molar-refractivity contribution in [3.05, 3.63) is 58.8 Å². The SMILES string of the molecule is Cc1cccc(-n2c(Br)nc3ccccc32)c1. The first-order chi connectivity index (χ1) is 8.25. The average molecular weight is 287 g/mol. The van der Waals surface area contributed by atoms with Crippen LogP contribution in [0.1, 0.15) is 5.56 Å². The lowest BCUT2D eigenvalue weighted by molar-refractivity contribution is 1.04.